The van der Waals surface area contributed by atoms with Gasteiger partial charge in [0.25, 0.3) is 5.69 Å². The molecule has 35 heavy (non-hydrogen) atoms. The summed E-state index contributed by atoms with van der Waals surface area (Å²) in [5, 5.41) is 11.0. The fourth-order valence-electron chi connectivity index (χ4n) is 4.24. The van der Waals surface area contributed by atoms with E-state index in [2.05, 4.69) is 41.2 Å². The second kappa shape index (κ2) is 12.2. The van der Waals surface area contributed by atoms with Gasteiger partial charge in [0.1, 0.15) is 11.6 Å². The fraction of sp³-hybridized carbons (Fsp3) is 0.345. The maximum Gasteiger partial charge on any atom is 0.271 e. The van der Waals surface area contributed by atoms with Crippen LogP contribution in [0.25, 0.3) is 33.5 Å². The summed E-state index contributed by atoms with van der Waals surface area (Å²) in [7, 11) is 0. The highest BCUT2D eigenvalue weighted by Crippen LogP contribution is 2.27. The highest BCUT2D eigenvalue weighted by molar-refractivity contribution is 5.82. The Balaban J connectivity index is 1.28. The van der Waals surface area contributed by atoms with Crippen molar-refractivity contribution in [1.29, 1.82) is 0 Å². The number of hydrogen-bond donors (Lipinski definition) is 1. The second-order valence-electron chi connectivity index (χ2n) is 8.97. The molecule has 4 rings (SSSR count). The lowest BCUT2D eigenvalue weighted by atomic mass is 10.0. The number of fused-ring (bicyclic) bond motifs is 1. The van der Waals surface area contributed by atoms with E-state index in [4.69, 9.17) is 4.74 Å². The molecule has 0 amide bonds. The van der Waals surface area contributed by atoms with Crippen molar-refractivity contribution < 1.29 is 9.66 Å². The van der Waals surface area contributed by atoms with Crippen molar-refractivity contribution in [3.8, 4) is 28.3 Å². The molecule has 0 radical (unpaired) electrons. The molecule has 0 bridgehead atoms. The van der Waals surface area contributed by atoms with Gasteiger partial charge in [0.05, 0.1) is 22.6 Å². The van der Waals surface area contributed by atoms with Gasteiger partial charge < -0.3 is 9.72 Å². The van der Waals surface area contributed by atoms with Crippen LogP contribution in [0.15, 0.2) is 66.7 Å². The zero-order chi connectivity index (χ0) is 24.5. The lowest BCUT2D eigenvalue weighted by Crippen LogP contribution is -1.97. The number of aromatic nitrogens is 2. The van der Waals surface area contributed by atoms with Gasteiger partial charge in [-0.1, -0.05) is 88.3 Å². The summed E-state index contributed by atoms with van der Waals surface area (Å²) in [6, 6.07) is 21.0. The van der Waals surface area contributed by atoms with Gasteiger partial charge in [-0.15, -0.1) is 0 Å². The lowest BCUT2D eigenvalue weighted by molar-refractivity contribution is -0.384. The first-order chi connectivity index (χ1) is 17.1. The molecule has 0 unspecified atom stereocenters. The summed E-state index contributed by atoms with van der Waals surface area (Å²) in [5.74, 6) is 1.60. The van der Waals surface area contributed by atoms with Gasteiger partial charge in [-0.25, -0.2) is 4.98 Å². The Hall–Kier alpha value is -3.67. The van der Waals surface area contributed by atoms with Crippen molar-refractivity contribution in [2.45, 2.75) is 58.3 Å². The summed E-state index contributed by atoms with van der Waals surface area (Å²) in [6.45, 7) is 3.02. The third-order valence-electron chi connectivity index (χ3n) is 6.29. The molecule has 1 heterocycles. The molecule has 6 heteroatoms. The zero-order valence-corrected chi connectivity index (χ0v) is 20.3. The molecule has 182 valence electrons. The highest BCUT2D eigenvalue weighted by Gasteiger charge is 2.11. The molecule has 0 aliphatic heterocycles. The molecule has 0 atom stereocenters. The Labute approximate surface area is 206 Å². The molecule has 0 saturated carbocycles. The predicted octanol–water partition coefficient (Wildman–Crippen LogP) is 8.32. The molecule has 0 aliphatic carbocycles. The number of imidazole rings is 1. The number of hydrogen-bond acceptors (Lipinski definition) is 4. The molecule has 1 aromatic heterocycles. The Morgan fingerprint density at radius 3 is 2.06 bits per heavy atom. The predicted molar refractivity (Wildman–Crippen MR) is 142 cm³/mol. The summed E-state index contributed by atoms with van der Waals surface area (Å²) in [5.41, 5.74) is 4.57. The Kier molecular flexibility index (Phi) is 8.49. The standard InChI is InChI=1S/C29H33N3O3/c1-2-3-4-5-6-7-8-9-20-35-26-17-14-23(15-18-26)22-10-12-24(13-11-22)29-30-27-19-16-25(32(33)34)21-28(27)31-29/h10-19,21H,2-9,20H2,1H3,(H,30,31). The maximum atomic E-state index is 11.0. The van der Waals surface area contributed by atoms with E-state index in [9.17, 15) is 10.1 Å². The zero-order valence-electron chi connectivity index (χ0n) is 20.3. The Morgan fingerprint density at radius 2 is 1.40 bits per heavy atom. The minimum Gasteiger partial charge on any atom is -0.494 e. The number of H-pyrrole nitrogens is 1. The number of aromatic amines is 1. The van der Waals surface area contributed by atoms with Crippen molar-refractivity contribution in [2.24, 2.45) is 0 Å². The third kappa shape index (κ3) is 6.69. The first kappa shape index (κ1) is 24.5. The number of non-ortho nitro benzene ring substituents is 1. The molecule has 0 aliphatic rings. The highest BCUT2D eigenvalue weighted by atomic mass is 16.6. The van der Waals surface area contributed by atoms with E-state index in [0.717, 1.165) is 35.5 Å². The van der Waals surface area contributed by atoms with E-state index in [1.165, 1.54) is 57.1 Å². The molecule has 4 aromatic rings. The number of nitrogens with zero attached hydrogens (tertiary/aromatic N) is 2. The van der Waals surface area contributed by atoms with Crippen molar-refractivity contribution in [3.63, 3.8) is 0 Å². The van der Waals surface area contributed by atoms with Crippen molar-refractivity contribution in [3.05, 3.63) is 76.8 Å². The van der Waals surface area contributed by atoms with Gasteiger partial charge in [-0.05, 0) is 35.7 Å². The first-order valence-corrected chi connectivity index (χ1v) is 12.6. The molecule has 0 fully saturated rings. The minimum atomic E-state index is -0.401. The van der Waals surface area contributed by atoms with Gasteiger partial charge in [0.2, 0.25) is 0 Å². The molecular weight excluding hydrogens is 438 g/mol. The minimum absolute atomic E-state index is 0.0493. The van der Waals surface area contributed by atoms with E-state index < -0.39 is 4.92 Å². The monoisotopic (exact) mass is 471 g/mol. The van der Waals surface area contributed by atoms with Gasteiger partial charge in [-0.2, -0.15) is 0 Å². The van der Waals surface area contributed by atoms with Crippen LogP contribution >= 0.6 is 0 Å². The van der Waals surface area contributed by atoms with Crippen LogP contribution in [-0.4, -0.2) is 21.5 Å². The van der Waals surface area contributed by atoms with Gasteiger partial charge in [0.15, 0.2) is 0 Å². The number of unbranched alkanes of at least 4 members (excludes halogenated alkanes) is 7. The summed E-state index contributed by atoms with van der Waals surface area (Å²) in [4.78, 5) is 18.4. The third-order valence-corrected chi connectivity index (χ3v) is 6.29. The van der Waals surface area contributed by atoms with Crippen LogP contribution in [0.1, 0.15) is 58.3 Å². The average molecular weight is 472 g/mol. The summed E-state index contributed by atoms with van der Waals surface area (Å²) >= 11 is 0. The normalized spacial score (nSPS) is 11.1. The topological polar surface area (TPSA) is 81.1 Å². The molecular formula is C29H33N3O3. The SMILES string of the molecule is CCCCCCCCCCOc1ccc(-c2ccc(-c3nc4ccc([N+](=O)[O-])cc4[nH]3)cc2)cc1. The molecule has 0 spiro atoms. The number of nitro groups is 1. The van der Waals surface area contributed by atoms with E-state index in [-0.39, 0.29) is 5.69 Å². The first-order valence-electron chi connectivity index (χ1n) is 12.6. The number of nitrogens with one attached hydrogen (secondary N) is 1. The summed E-state index contributed by atoms with van der Waals surface area (Å²) in [6.07, 6.45) is 10.4. The average Bonchev–Trinajstić information content (AvgIpc) is 3.32. The van der Waals surface area contributed by atoms with Gasteiger partial charge in [0, 0.05) is 17.7 Å². The number of rotatable bonds is 13. The summed E-state index contributed by atoms with van der Waals surface area (Å²) < 4.78 is 5.92. The van der Waals surface area contributed by atoms with Crippen molar-refractivity contribution in [2.75, 3.05) is 6.61 Å². The van der Waals surface area contributed by atoms with Crippen LogP contribution in [-0.2, 0) is 0 Å². The quantitative estimate of drug-likeness (QED) is 0.121. The smallest absolute Gasteiger partial charge is 0.271 e. The van der Waals surface area contributed by atoms with Crippen LogP contribution in [0, 0.1) is 10.1 Å². The Bertz CT molecular complexity index is 1230. The van der Waals surface area contributed by atoms with Gasteiger partial charge >= 0.3 is 0 Å². The van der Waals surface area contributed by atoms with Crippen LogP contribution in [0.3, 0.4) is 0 Å². The van der Waals surface area contributed by atoms with Crippen molar-refractivity contribution >= 4 is 16.7 Å². The second-order valence-corrected chi connectivity index (χ2v) is 8.97. The van der Waals surface area contributed by atoms with E-state index in [0.29, 0.717) is 16.9 Å². The molecule has 1 N–H and O–H groups in total. The van der Waals surface area contributed by atoms with Crippen LogP contribution in [0.4, 0.5) is 5.69 Å². The lowest BCUT2D eigenvalue weighted by Gasteiger charge is -2.08. The van der Waals surface area contributed by atoms with E-state index in [1.807, 2.05) is 24.3 Å². The van der Waals surface area contributed by atoms with Crippen LogP contribution in [0.5, 0.6) is 5.75 Å². The fourth-order valence-corrected chi connectivity index (χ4v) is 4.24. The van der Waals surface area contributed by atoms with Crippen LogP contribution in [0.2, 0.25) is 0 Å². The van der Waals surface area contributed by atoms with Crippen LogP contribution < -0.4 is 4.74 Å². The molecule has 3 aromatic carbocycles. The Morgan fingerprint density at radius 1 is 0.800 bits per heavy atom. The maximum absolute atomic E-state index is 11.0. The number of nitro benzene ring substituents is 1. The number of ether oxygens (including phenoxy) is 1. The molecule has 0 saturated heterocycles. The largest absolute Gasteiger partial charge is 0.494 e. The molecule has 6 nitrogen and oxygen atoms in total. The number of benzene rings is 3. The van der Waals surface area contributed by atoms with E-state index in [1.54, 1.807) is 6.07 Å². The van der Waals surface area contributed by atoms with Gasteiger partial charge in [-0.3, -0.25) is 10.1 Å². The van der Waals surface area contributed by atoms with E-state index >= 15 is 0 Å². The van der Waals surface area contributed by atoms with Crippen molar-refractivity contribution in [1.82, 2.24) is 9.97 Å².